The number of aliphatic hydroxyl groups excluding tert-OH is 5. The Morgan fingerprint density at radius 2 is 1.21 bits per heavy atom. The number of unbranched alkanes of at least 4 members (excludes halogenated alkanes) is 2. The minimum absolute atomic E-state index is 0.0866. The molecule has 28 heavy (non-hydrogen) atoms. The van der Waals surface area contributed by atoms with Crippen LogP contribution in [0.3, 0.4) is 0 Å². The van der Waals surface area contributed by atoms with Gasteiger partial charge in [0.25, 0.3) is 0 Å². The average molecular weight is 407 g/mol. The molecule has 0 fully saturated rings. The lowest BCUT2D eigenvalue weighted by Crippen LogP contribution is -2.64. The first-order valence-corrected chi connectivity index (χ1v) is 11.3. The van der Waals surface area contributed by atoms with Gasteiger partial charge >= 0.3 is 0 Å². The molecule has 0 rings (SSSR count). The molecule has 0 aromatic heterocycles. The van der Waals surface area contributed by atoms with Gasteiger partial charge in [-0.05, 0) is 50.9 Å². The second-order valence-corrected chi connectivity index (χ2v) is 9.13. The molecular formula is C22H48NO5+. The van der Waals surface area contributed by atoms with Crippen LogP contribution in [0.4, 0.5) is 0 Å². The summed E-state index contributed by atoms with van der Waals surface area (Å²) in [5, 5.41) is 50.4. The Morgan fingerprint density at radius 1 is 0.679 bits per heavy atom. The van der Waals surface area contributed by atoms with Gasteiger partial charge in [0.2, 0.25) is 0 Å². The van der Waals surface area contributed by atoms with Crippen molar-refractivity contribution < 1.29 is 31.3 Å². The van der Waals surface area contributed by atoms with E-state index in [1.807, 2.05) is 20.8 Å². The Kier molecular flexibility index (Phi) is 15.4. The van der Waals surface area contributed by atoms with Crippen molar-refractivity contribution in [1.82, 2.24) is 0 Å². The SMILES string of the molecule is CCCC[C@@H](C)[C@@H](O)[C@@H](O)C[C@@H](C)C[C@H](O)CCCC[C@@H](O)C[C@H](O)[C@H](C)[NH3+]. The Hall–Kier alpha value is -0.240. The van der Waals surface area contributed by atoms with E-state index in [2.05, 4.69) is 12.7 Å². The van der Waals surface area contributed by atoms with Crippen LogP contribution in [0.2, 0.25) is 0 Å². The van der Waals surface area contributed by atoms with E-state index in [1.165, 1.54) is 0 Å². The van der Waals surface area contributed by atoms with E-state index in [-0.39, 0.29) is 17.9 Å². The van der Waals surface area contributed by atoms with Gasteiger partial charge in [-0.25, -0.2) is 0 Å². The standard InChI is InChI=1S/C22H47NO5/c1-5-6-9-16(3)22(28)21(27)13-15(2)12-18(24)10-7-8-11-19(25)14-20(26)17(4)23/h15-22,24-28H,5-14,23H2,1-4H3/p+1/t15-,16+,17-,18+,19+,20-,21-,22+/m0/s1. The summed E-state index contributed by atoms with van der Waals surface area (Å²) in [7, 11) is 0. The van der Waals surface area contributed by atoms with Crippen LogP contribution in [0.15, 0.2) is 0 Å². The number of quaternary nitrogens is 1. The van der Waals surface area contributed by atoms with Gasteiger partial charge in [-0.15, -0.1) is 0 Å². The maximum atomic E-state index is 10.3. The minimum Gasteiger partial charge on any atom is -0.393 e. The van der Waals surface area contributed by atoms with Crippen molar-refractivity contribution in [3.63, 3.8) is 0 Å². The summed E-state index contributed by atoms with van der Waals surface area (Å²) in [6.45, 7) is 7.93. The van der Waals surface area contributed by atoms with Crippen LogP contribution in [0.5, 0.6) is 0 Å². The zero-order chi connectivity index (χ0) is 21.7. The molecule has 0 aliphatic carbocycles. The molecule has 8 N–H and O–H groups in total. The van der Waals surface area contributed by atoms with Crippen LogP contribution < -0.4 is 5.73 Å². The summed E-state index contributed by atoms with van der Waals surface area (Å²) in [5.41, 5.74) is 3.76. The number of rotatable bonds is 17. The molecule has 0 spiro atoms. The molecular weight excluding hydrogens is 358 g/mol. The highest BCUT2D eigenvalue weighted by atomic mass is 16.3. The molecule has 8 atom stereocenters. The zero-order valence-electron chi connectivity index (χ0n) is 18.6. The number of aliphatic hydroxyl groups is 5. The fourth-order valence-electron chi connectivity index (χ4n) is 3.70. The van der Waals surface area contributed by atoms with E-state index in [9.17, 15) is 25.5 Å². The molecule has 0 saturated heterocycles. The summed E-state index contributed by atoms with van der Waals surface area (Å²) in [6.07, 6.45) is 4.43. The second-order valence-electron chi connectivity index (χ2n) is 9.13. The first-order valence-electron chi connectivity index (χ1n) is 11.3. The van der Waals surface area contributed by atoms with Gasteiger partial charge in [0.15, 0.2) is 0 Å². The van der Waals surface area contributed by atoms with Crippen LogP contribution >= 0.6 is 0 Å². The van der Waals surface area contributed by atoms with Crippen LogP contribution in [0, 0.1) is 11.8 Å². The maximum Gasteiger partial charge on any atom is 0.108 e. The predicted octanol–water partition coefficient (Wildman–Crippen LogP) is 1.61. The van der Waals surface area contributed by atoms with Gasteiger partial charge in [0.05, 0.1) is 24.4 Å². The largest absolute Gasteiger partial charge is 0.393 e. The molecule has 0 amide bonds. The third kappa shape index (κ3) is 13.1. The Morgan fingerprint density at radius 3 is 1.71 bits per heavy atom. The molecule has 0 heterocycles. The topological polar surface area (TPSA) is 129 Å². The summed E-state index contributed by atoms with van der Waals surface area (Å²) in [6, 6.07) is -0.0959. The maximum absolute atomic E-state index is 10.3. The molecule has 0 aliphatic rings. The summed E-state index contributed by atoms with van der Waals surface area (Å²) < 4.78 is 0. The van der Waals surface area contributed by atoms with E-state index >= 15 is 0 Å². The molecule has 0 bridgehead atoms. The van der Waals surface area contributed by atoms with E-state index in [0.717, 1.165) is 32.1 Å². The van der Waals surface area contributed by atoms with Gasteiger partial charge in [-0.1, -0.05) is 46.5 Å². The van der Waals surface area contributed by atoms with Crippen molar-refractivity contribution in [3.05, 3.63) is 0 Å². The van der Waals surface area contributed by atoms with Crippen LogP contribution in [-0.2, 0) is 0 Å². The average Bonchev–Trinajstić information content (AvgIpc) is 2.62. The zero-order valence-corrected chi connectivity index (χ0v) is 18.6. The molecule has 0 aromatic rings. The summed E-state index contributed by atoms with van der Waals surface area (Å²) >= 11 is 0. The Bertz CT molecular complexity index is 369. The van der Waals surface area contributed by atoms with Crippen molar-refractivity contribution >= 4 is 0 Å². The van der Waals surface area contributed by atoms with Gasteiger partial charge < -0.3 is 31.3 Å². The minimum atomic E-state index is -0.744. The second kappa shape index (κ2) is 15.6. The van der Waals surface area contributed by atoms with E-state index in [1.54, 1.807) is 0 Å². The lowest BCUT2D eigenvalue weighted by Gasteiger charge is -2.26. The molecule has 0 aromatic carbocycles. The first kappa shape index (κ1) is 27.8. The fourth-order valence-corrected chi connectivity index (χ4v) is 3.70. The van der Waals surface area contributed by atoms with Crippen LogP contribution in [0.25, 0.3) is 0 Å². The molecule has 0 radical (unpaired) electrons. The van der Waals surface area contributed by atoms with Gasteiger partial charge in [0.1, 0.15) is 12.1 Å². The third-order valence-corrected chi connectivity index (χ3v) is 5.80. The first-order chi connectivity index (χ1) is 13.1. The van der Waals surface area contributed by atoms with Crippen LogP contribution in [-0.4, -0.2) is 62.1 Å². The molecule has 0 aliphatic heterocycles. The van der Waals surface area contributed by atoms with E-state index in [4.69, 9.17) is 0 Å². The normalized spacial score (nSPS) is 20.8. The van der Waals surface area contributed by atoms with E-state index < -0.39 is 30.5 Å². The summed E-state index contributed by atoms with van der Waals surface area (Å²) in [4.78, 5) is 0. The molecule has 6 heteroatoms. The van der Waals surface area contributed by atoms with Crippen molar-refractivity contribution in [2.75, 3.05) is 0 Å². The molecule has 170 valence electrons. The van der Waals surface area contributed by atoms with Crippen molar-refractivity contribution in [2.24, 2.45) is 11.8 Å². The third-order valence-electron chi connectivity index (χ3n) is 5.80. The molecule has 0 unspecified atom stereocenters. The molecule has 6 nitrogen and oxygen atoms in total. The predicted molar refractivity (Wildman–Crippen MR) is 113 cm³/mol. The quantitative estimate of drug-likeness (QED) is 0.205. The van der Waals surface area contributed by atoms with Gasteiger partial charge in [-0.3, -0.25) is 0 Å². The highest BCUT2D eigenvalue weighted by Gasteiger charge is 2.25. The Labute approximate surface area is 172 Å². The number of hydrogen-bond acceptors (Lipinski definition) is 5. The highest BCUT2D eigenvalue weighted by molar-refractivity contribution is 4.76. The summed E-state index contributed by atoms with van der Waals surface area (Å²) in [5.74, 6) is 0.223. The molecule has 0 saturated carbocycles. The van der Waals surface area contributed by atoms with E-state index in [0.29, 0.717) is 32.1 Å². The van der Waals surface area contributed by atoms with Crippen LogP contribution in [0.1, 0.15) is 91.9 Å². The van der Waals surface area contributed by atoms with Crippen molar-refractivity contribution in [3.8, 4) is 0 Å². The lowest BCUT2D eigenvalue weighted by atomic mass is 9.88. The smallest absolute Gasteiger partial charge is 0.108 e. The highest BCUT2D eigenvalue weighted by Crippen LogP contribution is 2.22. The number of hydrogen-bond donors (Lipinski definition) is 6. The van der Waals surface area contributed by atoms with Crippen molar-refractivity contribution in [2.45, 2.75) is 128 Å². The lowest BCUT2D eigenvalue weighted by molar-refractivity contribution is -0.432. The monoisotopic (exact) mass is 406 g/mol. The van der Waals surface area contributed by atoms with Gasteiger partial charge in [-0.2, -0.15) is 0 Å². The van der Waals surface area contributed by atoms with Crippen molar-refractivity contribution in [1.29, 1.82) is 0 Å². The van der Waals surface area contributed by atoms with Gasteiger partial charge in [0, 0.05) is 6.42 Å². The Balaban J connectivity index is 3.98. The fraction of sp³-hybridized carbons (Fsp3) is 1.00.